The van der Waals surface area contributed by atoms with Gasteiger partial charge in [0.05, 0.1) is 0 Å². The first-order valence-electron chi connectivity index (χ1n) is 6.88. The lowest BCUT2D eigenvalue weighted by Crippen LogP contribution is -2.52. The minimum atomic E-state index is -0.459. The highest BCUT2D eigenvalue weighted by Gasteiger charge is 2.45. The first-order chi connectivity index (χ1) is 8.47. The van der Waals surface area contributed by atoms with E-state index in [-0.39, 0.29) is 5.92 Å². The van der Waals surface area contributed by atoms with Gasteiger partial charge in [-0.05, 0) is 37.8 Å². The van der Waals surface area contributed by atoms with Crippen molar-refractivity contribution >= 4 is 5.78 Å². The molecule has 18 heavy (non-hydrogen) atoms. The van der Waals surface area contributed by atoms with Crippen LogP contribution in [0.4, 0.5) is 0 Å². The molecule has 1 aromatic rings. The van der Waals surface area contributed by atoms with E-state index < -0.39 is 5.54 Å². The topological polar surface area (TPSA) is 29.1 Å². The number of carbonyl (C=O) groups excluding carboxylic acids is 1. The van der Waals surface area contributed by atoms with Gasteiger partial charge in [0.1, 0.15) is 5.54 Å². The van der Waals surface area contributed by atoms with E-state index in [1.165, 1.54) is 11.1 Å². The van der Waals surface area contributed by atoms with Crippen LogP contribution in [-0.2, 0) is 16.8 Å². The van der Waals surface area contributed by atoms with Crippen LogP contribution in [0.25, 0.3) is 0 Å². The van der Waals surface area contributed by atoms with E-state index in [4.69, 9.17) is 0 Å². The average molecular weight is 245 g/mol. The van der Waals surface area contributed by atoms with Crippen molar-refractivity contribution in [1.82, 2.24) is 5.32 Å². The van der Waals surface area contributed by atoms with Crippen LogP contribution in [-0.4, -0.2) is 11.8 Å². The van der Waals surface area contributed by atoms with Crippen LogP contribution in [0.5, 0.6) is 0 Å². The third kappa shape index (κ3) is 2.10. The molecule has 1 aliphatic carbocycles. The number of ketones is 1. The highest BCUT2D eigenvalue weighted by molar-refractivity contribution is 5.92. The van der Waals surface area contributed by atoms with Crippen LogP contribution in [0.1, 0.15) is 45.2 Å². The van der Waals surface area contributed by atoms with E-state index in [2.05, 4.69) is 37.4 Å². The molecule has 0 bridgehead atoms. The predicted molar refractivity (Wildman–Crippen MR) is 74.6 cm³/mol. The van der Waals surface area contributed by atoms with E-state index in [1.807, 2.05) is 19.9 Å². The summed E-state index contributed by atoms with van der Waals surface area (Å²) in [4.78, 5) is 12.7. The largest absolute Gasteiger partial charge is 0.299 e. The summed E-state index contributed by atoms with van der Waals surface area (Å²) >= 11 is 0. The maximum absolute atomic E-state index is 12.7. The van der Waals surface area contributed by atoms with Gasteiger partial charge >= 0.3 is 0 Å². The molecule has 1 N–H and O–H groups in total. The van der Waals surface area contributed by atoms with Gasteiger partial charge in [0.2, 0.25) is 0 Å². The van der Waals surface area contributed by atoms with Gasteiger partial charge in [-0.2, -0.15) is 0 Å². The number of Topliss-reactive ketones (excluding diaryl/α,β-unsaturated/α-hetero) is 1. The smallest absolute Gasteiger partial charge is 0.159 e. The number of carbonyl (C=O) groups is 1. The van der Waals surface area contributed by atoms with Gasteiger partial charge in [-0.3, -0.25) is 10.1 Å². The first kappa shape index (κ1) is 13.3. The second-order valence-electron chi connectivity index (χ2n) is 5.88. The molecule has 0 radical (unpaired) electrons. The Morgan fingerprint density at radius 2 is 1.89 bits per heavy atom. The highest BCUT2D eigenvalue weighted by Crippen LogP contribution is 2.39. The second-order valence-corrected chi connectivity index (χ2v) is 5.88. The number of hydrogen-bond acceptors (Lipinski definition) is 2. The molecular formula is C16H23NO. The van der Waals surface area contributed by atoms with Crippen LogP contribution in [0.3, 0.4) is 0 Å². The fourth-order valence-corrected chi connectivity index (χ4v) is 3.07. The Hall–Kier alpha value is -1.15. The molecule has 0 spiro atoms. The lowest BCUT2D eigenvalue weighted by molar-refractivity contribution is -0.129. The lowest BCUT2D eigenvalue weighted by atomic mass is 9.81. The molecule has 0 saturated heterocycles. The summed E-state index contributed by atoms with van der Waals surface area (Å²) in [6, 6.07) is 8.66. The van der Waals surface area contributed by atoms with Crippen molar-refractivity contribution in [3.63, 3.8) is 0 Å². The van der Waals surface area contributed by atoms with Gasteiger partial charge in [-0.15, -0.1) is 0 Å². The minimum absolute atomic E-state index is 0.0578. The molecule has 1 aliphatic rings. The summed E-state index contributed by atoms with van der Waals surface area (Å²) in [5.74, 6) is 0.378. The predicted octanol–water partition coefficient (Wildman–Crippen LogP) is 3.05. The van der Waals surface area contributed by atoms with Crippen molar-refractivity contribution in [2.45, 2.75) is 52.1 Å². The Labute approximate surface area is 110 Å². The molecule has 1 atom stereocenters. The van der Waals surface area contributed by atoms with Crippen molar-refractivity contribution < 1.29 is 4.79 Å². The normalized spacial score (nSPS) is 22.6. The zero-order valence-electron chi connectivity index (χ0n) is 11.8. The Morgan fingerprint density at radius 1 is 1.22 bits per heavy atom. The molecule has 0 saturated carbocycles. The van der Waals surface area contributed by atoms with Crippen molar-refractivity contribution in [3.8, 4) is 0 Å². The van der Waals surface area contributed by atoms with Crippen LogP contribution in [0.2, 0.25) is 0 Å². The molecule has 0 aromatic heterocycles. The van der Waals surface area contributed by atoms with Crippen LogP contribution >= 0.6 is 0 Å². The number of aryl methyl sites for hydroxylation is 1. The molecule has 2 rings (SSSR count). The van der Waals surface area contributed by atoms with Crippen molar-refractivity contribution in [2.75, 3.05) is 0 Å². The Morgan fingerprint density at radius 3 is 2.50 bits per heavy atom. The van der Waals surface area contributed by atoms with Crippen LogP contribution in [0, 0.1) is 5.92 Å². The number of fused-ring (bicyclic) bond motifs is 1. The number of hydrogen-bond donors (Lipinski definition) is 1. The van der Waals surface area contributed by atoms with E-state index >= 15 is 0 Å². The molecule has 0 fully saturated rings. The molecule has 2 heteroatoms. The van der Waals surface area contributed by atoms with Crippen molar-refractivity contribution in [1.29, 1.82) is 0 Å². The van der Waals surface area contributed by atoms with Gasteiger partial charge in [0.15, 0.2) is 5.78 Å². The van der Waals surface area contributed by atoms with Gasteiger partial charge in [0.25, 0.3) is 0 Å². The summed E-state index contributed by atoms with van der Waals surface area (Å²) in [5, 5.41) is 3.54. The molecular weight excluding hydrogens is 222 g/mol. The zero-order valence-corrected chi connectivity index (χ0v) is 11.8. The standard InChI is InChI=1S/C16H23NO/c1-11(2)15(18)16(17-12(3)4)10-9-13-7-5-6-8-14(13)16/h5-8,11-12,17H,9-10H2,1-4H3. The number of rotatable bonds is 4. The lowest BCUT2D eigenvalue weighted by Gasteiger charge is -2.34. The third-order valence-electron chi connectivity index (χ3n) is 3.73. The summed E-state index contributed by atoms with van der Waals surface area (Å²) in [7, 11) is 0. The molecule has 1 aromatic carbocycles. The first-order valence-corrected chi connectivity index (χ1v) is 6.88. The number of benzene rings is 1. The van der Waals surface area contributed by atoms with E-state index in [9.17, 15) is 4.79 Å². The molecule has 98 valence electrons. The summed E-state index contributed by atoms with van der Waals surface area (Å²) < 4.78 is 0. The fourth-order valence-electron chi connectivity index (χ4n) is 3.07. The second kappa shape index (κ2) is 4.85. The third-order valence-corrected chi connectivity index (χ3v) is 3.73. The summed E-state index contributed by atoms with van der Waals surface area (Å²) in [6.45, 7) is 8.20. The Balaban J connectivity index is 2.48. The van der Waals surface area contributed by atoms with Gasteiger partial charge in [0, 0.05) is 12.0 Å². The quantitative estimate of drug-likeness (QED) is 0.883. The SMILES string of the molecule is CC(C)NC1(C(=O)C(C)C)CCc2ccccc21. The van der Waals surface area contributed by atoms with Gasteiger partial charge in [-0.25, -0.2) is 0 Å². The Bertz CT molecular complexity index is 450. The summed E-state index contributed by atoms with van der Waals surface area (Å²) in [6.07, 6.45) is 1.88. The zero-order chi connectivity index (χ0) is 13.3. The fraction of sp³-hybridized carbons (Fsp3) is 0.562. The molecule has 0 aliphatic heterocycles. The monoisotopic (exact) mass is 245 g/mol. The van der Waals surface area contributed by atoms with Crippen LogP contribution < -0.4 is 5.32 Å². The van der Waals surface area contributed by atoms with Gasteiger partial charge < -0.3 is 0 Å². The molecule has 0 amide bonds. The maximum atomic E-state index is 12.7. The maximum Gasteiger partial charge on any atom is 0.159 e. The van der Waals surface area contributed by atoms with E-state index in [0.29, 0.717) is 11.8 Å². The van der Waals surface area contributed by atoms with E-state index in [1.54, 1.807) is 0 Å². The number of nitrogens with one attached hydrogen (secondary N) is 1. The molecule has 0 heterocycles. The average Bonchev–Trinajstić information content (AvgIpc) is 2.68. The molecule has 2 nitrogen and oxygen atoms in total. The van der Waals surface area contributed by atoms with Crippen molar-refractivity contribution in [3.05, 3.63) is 35.4 Å². The minimum Gasteiger partial charge on any atom is -0.299 e. The summed E-state index contributed by atoms with van der Waals surface area (Å²) in [5.41, 5.74) is 2.05. The van der Waals surface area contributed by atoms with Gasteiger partial charge in [-0.1, -0.05) is 38.1 Å². The highest BCUT2D eigenvalue weighted by atomic mass is 16.1. The van der Waals surface area contributed by atoms with Crippen LogP contribution in [0.15, 0.2) is 24.3 Å². The molecule has 1 unspecified atom stereocenters. The Kier molecular flexibility index (Phi) is 3.58. The van der Waals surface area contributed by atoms with E-state index in [0.717, 1.165) is 12.8 Å². The van der Waals surface area contributed by atoms with Crippen molar-refractivity contribution in [2.24, 2.45) is 5.92 Å².